The molecule has 0 bridgehead atoms. The second kappa shape index (κ2) is 2.77. The molecule has 0 atom stereocenters. The van der Waals surface area contributed by atoms with Crippen LogP contribution in [0.1, 0.15) is 5.56 Å². The zero-order chi connectivity index (χ0) is 8.55. The first-order chi connectivity index (χ1) is 5.81. The Kier molecular flexibility index (Phi) is 1.75. The van der Waals surface area contributed by atoms with Crippen molar-refractivity contribution in [1.29, 1.82) is 0 Å². The second-order valence-corrected chi connectivity index (χ2v) is 3.51. The highest BCUT2D eigenvalue weighted by Gasteiger charge is 2.02. The van der Waals surface area contributed by atoms with E-state index in [9.17, 15) is 0 Å². The van der Waals surface area contributed by atoms with Gasteiger partial charge in [0.2, 0.25) is 0 Å². The number of phenolic OH excluding ortho intramolecular Hbond substituents is 1. The van der Waals surface area contributed by atoms with Crippen molar-refractivity contribution in [2.24, 2.45) is 0 Å². The van der Waals surface area contributed by atoms with E-state index in [1.165, 1.54) is 11.3 Å². The number of rotatable bonds is 1. The molecule has 0 unspecified atom stereocenters. The van der Waals surface area contributed by atoms with Crippen LogP contribution in [0.5, 0.6) is 5.75 Å². The minimum Gasteiger partial charge on any atom is -0.508 e. The molecule has 0 saturated heterocycles. The van der Waals surface area contributed by atoms with Crippen LogP contribution < -0.4 is 0 Å². The monoisotopic (exact) mass is 180 g/mol. The molecule has 0 aliphatic rings. The molecule has 12 heavy (non-hydrogen) atoms. The Balaban J connectivity index is 2.73. The summed E-state index contributed by atoms with van der Waals surface area (Å²) in [6.07, 6.45) is 0. The first kappa shape index (κ1) is 7.58. The van der Waals surface area contributed by atoms with E-state index >= 15 is 0 Å². The first-order valence-electron chi connectivity index (χ1n) is 3.61. The highest BCUT2D eigenvalue weighted by molar-refractivity contribution is 7.17. The van der Waals surface area contributed by atoms with Crippen LogP contribution in [0, 0.1) is 0 Å². The maximum atomic E-state index is 9.16. The van der Waals surface area contributed by atoms with Gasteiger partial charge in [0.25, 0.3) is 0 Å². The number of phenols is 1. The smallest absolute Gasteiger partial charge is 0.117 e. The number of thiophene rings is 1. The molecule has 1 aromatic heterocycles. The summed E-state index contributed by atoms with van der Waals surface area (Å²) in [5.74, 6) is 0.272. The van der Waals surface area contributed by atoms with Gasteiger partial charge < -0.3 is 10.2 Å². The van der Waals surface area contributed by atoms with Gasteiger partial charge in [-0.05, 0) is 34.5 Å². The number of aliphatic hydroxyl groups excluding tert-OH is 1. The molecule has 3 heteroatoms. The molecule has 0 amide bonds. The number of hydrogen-bond acceptors (Lipinski definition) is 3. The minimum atomic E-state index is 0.0603. The van der Waals surface area contributed by atoms with Crippen molar-refractivity contribution in [2.75, 3.05) is 0 Å². The van der Waals surface area contributed by atoms with Gasteiger partial charge in [-0.1, -0.05) is 0 Å². The van der Waals surface area contributed by atoms with Gasteiger partial charge in [0.15, 0.2) is 0 Å². The highest BCUT2D eigenvalue weighted by atomic mass is 32.1. The Morgan fingerprint density at radius 2 is 2.17 bits per heavy atom. The molecule has 2 aromatic rings. The summed E-state index contributed by atoms with van der Waals surface area (Å²) < 4.78 is 1.01. The van der Waals surface area contributed by atoms with E-state index in [1.54, 1.807) is 12.1 Å². The van der Waals surface area contributed by atoms with Crippen LogP contribution in [-0.4, -0.2) is 10.2 Å². The number of aliphatic hydroxyl groups is 1. The molecule has 2 rings (SSSR count). The standard InChI is InChI=1S/C9H8O2S/c10-4-6-5-12-9-3-7(11)1-2-8(6)9/h1-3,5,10-11H,4H2. The summed E-state index contributed by atoms with van der Waals surface area (Å²) in [6, 6.07) is 5.17. The maximum absolute atomic E-state index is 9.16. The van der Waals surface area contributed by atoms with Crippen molar-refractivity contribution in [2.45, 2.75) is 6.61 Å². The van der Waals surface area contributed by atoms with Crippen LogP contribution in [0.25, 0.3) is 10.1 Å². The summed E-state index contributed by atoms with van der Waals surface area (Å²) in [5, 5.41) is 21.0. The van der Waals surface area contributed by atoms with Crippen molar-refractivity contribution in [1.82, 2.24) is 0 Å². The summed E-state index contributed by atoms with van der Waals surface area (Å²) >= 11 is 1.53. The van der Waals surface area contributed by atoms with E-state index in [1.807, 2.05) is 11.4 Å². The van der Waals surface area contributed by atoms with Crippen LogP contribution in [0.3, 0.4) is 0 Å². The number of fused-ring (bicyclic) bond motifs is 1. The predicted molar refractivity (Wildman–Crippen MR) is 49.4 cm³/mol. The van der Waals surface area contributed by atoms with Gasteiger partial charge >= 0.3 is 0 Å². The third-order valence-corrected chi connectivity index (χ3v) is 2.80. The largest absolute Gasteiger partial charge is 0.508 e. The Morgan fingerprint density at radius 1 is 1.33 bits per heavy atom. The Morgan fingerprint density at radius 3 is 2.92 bits per heavy atom. The summed E-state index contributed by atoms with van der Waals surface area (Å²) in [6.45, 7) is 0.0603. The van der Waals surface area contributed by atoms with E-state index in [-0.39, 0.29) is 12.4 Å². The molecule has 1 heterocycles. The van der Waals surface area contributed by atoms with Crippen molar-refractivity contribution >= 4 is 21.4 Å². The third kappa shape index (κ3) is 1.07. The van der Waals surface area contributed by atoms with Crippen molar-refractivity contribution in [3.05, 3.63) is 29.1 Å². The molecular weight excluding hydrogens is 172 g/mol. The van der Waals surface area contributed by atoms with Crippen molar-refractivity contribution in [3.8, 4) is 5.75 Å². The zero-order valence-corrected chi connectivity index (χ0v) is 7.14. The molecule has 0 radical (unpaired) electrons. The van der Waals surface area contributed by atoms with E-state index in [2.05, 4.69) is 0 Å². The topological polar surface area (TPSA) is 40.5 Å². The average Bonchev–Trinajstić information content (AvgIpc) is 2.46. The normalized spacial score (nSPS) is 10.8. The second-order valence-electron chi connectivity index (χ2n) is 2.60. The van der Waals surface area contributed by atoms with Crippen molar-refractivity contribution < 1.29 is 10.2 Å². The molecule has 0 fully saturated rings. The average molecular weight is 180 g/mol. The van der Waals surface area contributed by atoms with E-state index in [0.717, 1.165) is 15.6 Å². The van der Waals surface area contributed by atoms with Gasteiger partial charge in [0.1, 0.15) is 5.75 Å². The van der Waals surface area contributed by atoms with Gasteiger partial charge in [-0.3, -0.25) is 0 Å². The Bertz CT molecular complexity index is 406. The predicted octanol–water partition coefficient (Wildman–Crippen LogP) is 2.10. The molecule has 0 aliphatic carbocycles. The number of benzene rings is 1. The molecule has 62 valence electrons. The first-order valence-corrected chi connectivity index (χ1v) is 4.49. The minimum absolute atomic E-state index is 0.0603. The summed E-state index contributed by atoms with van der Waals surface area (Å²) in [5.41, 5.74) is 0.926. The fraction of sp³-hybridized carbons (Fsp3) is 0.111. The molecule has 0 saturated carbocycles. The molecule has 2 N–H and O–H groups in total. The SMILES string of the molecule is OCc1csc2cc(O)ccc12. The van der Waals surface area contributed by atoms with Gasteiger partial charge in [-0.15, -0.1) is 11.3 Å². The molecule has 2 nitrogen and oxygen atoms in total. The quantitative estimate of drug-likeness (QED) is 0.705. The van der Waals surface area contributed by atoms with Gasteiger partial charge in [0, 0.05) is 4.70 Å². The van der Waals surface area contributed by atoms with E-state index < -0.39 is 0 Å². The Hall–Kier alpha value is -1.06. The molecular formula is C9H8O2S. The molecule has 1 aromatic carbocycles. The number of hydrogen-bond donors (Lipinski definition) is 2. The van der Waals surface area contributed by atoms with E-state index in [0.29, 0.717) is 0 Å². The lowest BCUT2D eigenvalue weighted by molar-refractivity contribution is 0.284. The van der Waals surface area contributed by atoms with Crippen LogP contribution in [-0.2, 0) is 6.61 Å². The van der Waals surface area contributed by atoms with Gasteiger partial charge in [0.05, 0.1) is 6.61 Å². The fourth-order valence-electron chi connectivity index (χ4n) is 1.19. The van der Waals surface area contributed by atoms with Crippen LogP contribution in [0.4, 0.5) is 0 Å². The highest BCUT2D eigenvalue weighted by Crippen LogP contribution is 2.28. The van der Waals surface area contributed by atoms with Crippen LogP contribution in [0.2, 0.25) is 0 Å². The van der Waals surface area contributed by atoms with Crippen LogP contribution >= 0.6 is 11.3 Å². The van der Waals surface area contributed by atoms with Gasteiger partial charge in [-0.25, -0.2) is 0 Å². The lowest BCUT2D eigenvalue weighted by Crippen LogP contribution is -1.77. The summed E-state index contributed by atoms with van der Waals surface area (Å²) in [4.78, 5) is 0. The fourth-order valence-corrected chi connectivity index (χ4v) is 2.18. The lowest BCUT2D eigenvalue weighted by Gasteiger charge is -1.93. The third-order valence-electron chi connectivity index (χ3n) is 1.81. The zero-order valence-electron chi connectivity index (χ0n) is 6.32. The maximum Gasteiger partial charge on any atom is 0.117 e. The number of aromatic hydroxyl groups is 1. The van der Waals surface area contributed by atoms with Gasteiger partial charge in [-0.2, -0.15) is 0 Å². The van der Waals surface area contributed by atoms with Crippen molar-refractivity contribution in [3.63, 3.8) is 0 Å². The van der Waals surface area contributed by atoms with E-state index in [4.69, 9.17) is 10.2 Å². The molecule has 0 aliphatic heterocycles. The summed E-state index contributed by atoms with van der Waals surface area (Å²) in [7, 11) is 0. The van der Waals surface area contributed by atoms with Crippen LogP contribution in [0.15, 0.2) is 23.6 Å². The molecule has 0 spiro atoms. The Labute approximate surface area is 73.7 Å². The lowest BCUT2D eigenvalue weighted by atomic mass is 10.2.